The first-order valence-electron chi connectivity index (χ1n) is 8.79. The molecule has 0 bridgehead atoms. The van der Waals surface area contributed by atoms with Gasteiger partial charge in [0.05, 0.1) is 6.61 Å². The lowest BCUT2D eigenvalue weighted by molar-refractivity contribution is 0.308. The van der Waals surface area contributed by atoms with Crippen LogP contribution in [0.2, 0.25) is 0 Å². The highest BCUT2D eigenvalue weighted by Gasteiger charge is 2.41. The monoisotopic (exact) mass is 316 g/mol. The first-order chi connectivity index (χ1) is 11.3. The molecule has 1 aliphatic heterocycles. The number of rotatable bonds is 4. The van der Waals surface area contributed by atoms with Crippen molar-refractivity contribution in [1.82, 2.24) is 15.2 Å². The van der Waals surface area contributed by atoms with Crippen molar-refractivity contribution < 1.29 is 4.74 Å². The Morgan fingerprint density at radius 1 is 1.39 bits per heavy atom. The number of aliphatic imine (C=N–C) groups is 1. The van der Waals surface area contributed by atoms with Gasteiger partial charge in [-0.3, -0.25) is 4.99 Å². The molecule has 3 rings (SSSR count). The van der Waals surface area contributed by atoms with Crippen molar-refractivity contribution >= 4 is 5.96 Å². The molecule has 1 saturated carbocycles. The van der Waals surface area contributed by atoms with Crippen LogP contribution in [0.15, 0.2) is 23.3 Å². The Bertz CT molecular complexity index is 552. The molecule has 2 fully saturated rings. The van der Waals surface area contributed by atoms with E-state index >= 15 is 0 Å². The number of pyridine rings is 1. The standard InChI is InChI=1S/C18H28N4O/c1-3-23-16-15(7-6-11-20-16)13-21-17(19-2)22-12-10-18(14-22)8-4-5-9-18/h6-7,11H,3-5,8-10,12-14H2,1-2H3,(H,19,21). The van der Waals surface area contributed by atoms with E-state index in [0.717, 1.165) is 24.6 Å². The molecule has 2 heterocycles. The minimum absolute atomic E-state index is 0.558. The van der Waals surface area contributed by atoms with Gasteiger partial charge in [-0.1, -0.05) is 18.9 Å². The molecule has 126 valence electrons. The molecule has 1 aliphatic carbocycles. The number of hydrogen-bond acceptors (Lipinski definition) is 3. The lowest BCUT2D eigenvalue weighted by Crippen LogP contribution is -2.40. The molecular weight excluding hydrogens is 288 g/mol. The van der Waals surface area contributed by atoms with Gasteiger partial charge in [0, 0.05) is 38.4 Å². The van der Waals surface area contributed by atoms with E-state index in [1.807, 2.05) is 20.0 Å². The van der Waals surface area contributed by atoms with Crippen LogP contribution in [0, 0.1) is 5.41 Å². The number of nitrogens with zero attached hydrogens (tertiary/aromatic N) is 3. The van der Waals surface area contributed by atoms with E-state index in [-0.39, 0.29) is 0 Å². The van der Waals surface area contributed by atoms with Crippen LogP contribution in [0.25, 0.3) is 0 Å². The molecule has 0 atom stereocenters. The van der Waals surface area contributed by atoms with E-state index in [1.54, 1.807) is 6.20 Å². The van der Waals surface area contributed by atoms with Gasteiger partial charge in [0.2, 0.25) is 5.88 Å². The van der Waals surface area contributed by atoms with E-state index in [1.165, 1.54) is 32.1 Å². The zero-order valence-corrected chi connectivity index (χ0v) is 14.3. The molecule has 5 nitrogen and oxygen atoms in total. The average Bonchev–Trinajstić information content (AvgIpc) is 3.20. The molecule has 0 unspecified atom stereocenters. The maximum absolute atomic E-state index is 5.60. The van der Waals surface area contributed by atoms with Crippen LogP contribution in [0.1, 0.15) is 44.6 Å². The van der Waals surface area contributed by atoms with Gasteiger partial charge in [-0.2, -0.15) is 0 Å². The zero-order valence-electron chi connectivity index (χ0n) is 14.3. The van der Waals surface area contributed by atoms with Crippen molar-refractivity contribution in [2.45, 2.75) is 45.6 Å². The predicted octanol–water partition coefficient (Wildman–Crippen LogP) is 2.82. The van der Waals surface area contributed by atoms with E-state index in [0.29, 0.717) is 24.4 Å². The highest BCUT2D eigenvalue weighted by molar-refractivity contribution is 5.80. The molecule has 23 heavy (non-hydrogen) atoms. The van der Waals surface area contributed by atoms with Gasteiger partial charge >= 0.3 is 0 Å². The minimum atomic E-state index is 0.558. The summed E-state index contributed by atoms with van der Waals surface area (Å²) in [5.74, 6) is 1.71. The summed E-state index contributed by atoms with van der Waals surface area (Å²) in [6, 6.07) is 4.01. The van der Waals surface area contributed by atoms with Crippen molar-refractivity contribution in [3.8, 4) is 5.88 Å². The lowest BCUT2D eigenvalue weighted by Gasteiger charge is -2.26. The molecule has 1 saturated heterocycles. The van der Waals surface area contributed by atoms with Crippen LogP contribution < -0.4 is 10.1 Å². The summed E-state index contributed by atoms with van der Waals surface area (Å²) < 4.78 is 5.60. The van der Waals surface area contributed by atoms with Crippen LogP contribution in [0.4, 0.5) is 0 Å². The molecule has 0 aromatic carbocycles. The van der Waals surface area contributed by atoms with E-state index < -0.39 is 0 Å². The fourth-order valence-electron chi connectivity index (χ4n) is 3.98. The Balaban J connectivity index is 1.61. The maximum atomic E-state index is 5.60. The molecule has 1 aromatic rings. The van der Waals surface area contributed by atoms with Crippen LogP contribution in [0.5, 0.6) is 5.88 Å². The van der Waals surface area contributed by atoms with Gasteiger partial charge < -0.3 is 15.0 Å². The van der Waals surface area contributed by atoms with Crippen LogP contribution >= 0.6 is 0 Å². The molecule has 2 aliphatic rings. The Labute approximate surface area is 139 Å². The Morgan fingerprint density at radius 2 is 2.22 bits per heavy atom. The number of likely N-dealkylation sites (tertiary alicyclic amines) is 1. The molecule has 1 N–H and O–H groups in total. The third-order valence-corrected chi connectivity index (χ3v) is 5.18. The van der Waals surface area contributed by atoms with Crippen LogP contribution in [0.3, 0.4) is 0 Å². The molecular formula is C18H28N4O. The molecule has 0 radical (unpaired) electrons. The first-order valence-corrected chi connectivity index (χ1v) is 8.79. The summed E-state index contributed by atoms with van der Waals surface area (Å²) in [7, 11) is 1.87. The number of aromatic nitrogens is 1. The van der Waals surface area contributed by atoms with E-state index in [2.05, 4.69) is 26.3 Å². The maximum Gasteiger partial charge on any atom is 0.218 e. The van der Waals surface area contributed by atoms with Crippen LogP contribution in [-0.2, 0) is 6.54 Å². The van der Waals surface area contributed by atoms with Gasteiger partial charge in [-0.05, 0) is 37.7 Å². The summed E-state index contributed by atoms with van der Waals surface area (Å²) in [6.45, 7) is 5.58. The second-order valence-corrected chi connectivity index (χ2v) is 6.68. The van der Waals surface area contributed by atoms with Crippen molar-refractivity contribution in [2.24, 2.45) is 10.4 Å². The van der Waals surface area contributed by atoms with Crippen molar-refractivity contribution in [1.29, 1.82) is 0 Å². The molecule has 1 aromatic heterocycles. The fraction of sp³-hybridized carbons (Fsp3) is 0.667. The second-order valence-electron chi connectivity index (χ2n) is 6.68. The van der Waals surface area contributed by atoms with Gasteiger partial charge in [-0.15, -0.1) is 0 Å². The summed E-state index contributed by atoms with van der Waals surface area (Å²) in [5, 5.41) is 3.49. The minimum Gasteiger partial charge on any atom is -0.478 e. The number of ether oxygens (including phenoxy) is 1. The Hall–Kier alpha value is -1.78. The summed E-state index contributed by atoms with van der Waals surface area (Å²) in [6.07, 6.45) is 8.65. The Morgan fingerprint density at radius 3 is 2.96 bits per heavy atom. The second kappa shape index (κ2) is 7.20. The van der Waals surface area contributed by atoms with Crippen LogP contribution in [-0.4, -0.2) is 42.6 Å². The normalized spacial score (nSPS) is 20.3. The molecule has 5 heteroatoms. The van der Waals surface area contributed by atoms with Gasteiger partial charge in [-0.25, -0.2) is 4.98 Å². The topological polar surface area (TPSA) is 49.8 Å². The van der Waals surface area contributed by atoms with Gasteiger partial charge in [0.25, 0.3) is 0 Å². The van der Waals surface area contributed by atoms with E-state index in [4.69, 9.17) is 4.74 Å². The number of nitrogens with one attached hydrogen (secondary N) is 1. The Kier molecular flexibility index (Phi) is 5.03. The summed E-state index contributed by atoms with van der Waals surface area (Å²) in [4.78, 5) is 11.2. The lowest BCUT2D eigenvalue weighted by atomic mass is 9.86. The van der Waals surface area contributed by atoms with Crippen molar-refractivity contribution in [3.63, 3.8) is 0 Å². The highest BCUT2D eigenvalue weighted by atomic mass is 16.5. The number of guanidine groups is 1. The molecule has 0 amide bonds. The predicted molar refractivity (Wildman–Crippen MR) is 92.7 cm³/mol. The molecule has 1 spiro atoms. The number of hydrogen-bond donors (Lipinski definition) is 1. The first kappa shape index (κ1) is 16.1. The zero-order chi connectivity index (χ0) is 16.1. The summed E-state index contributed by atoms with van der Waals surface area (Å²) in [5.41, 5.74) is 1.63. The summed E-state index contributed by atoms with van der Waals surface area (Å²) >= 11 is 0. The van der Waals surface area contributed by atoms with Gasteiger partial charge in [0.1, 0.15) is 0 Å². The van der Waals surface area contributed by atoms with E-state index in [9.17, 15) is 0 Å². The van der Waals surface area contributed by atoms with Gasteiger partial charge in [0.15, 0.2) is 5.96 Å². The smallest absolute Gasteiger partial charge is 0.218 e. The largest absolute Gasteiger partial charge is 0.478 e. The van der Waals surface area contributed by atoms with Crippen molar-refractivity contribution in [2.75, 3.05) is 26.7 Å². The van der Waals surface area contributed by atoms with Crippen molar-refractivity contribution in [3.05, 3.63) is 23.9 Å². The quantitative estimate of drug-likeness (QED) is 0.685. The third-order valence-electron chi connectivity index (χ3n) is 5.18. The SMILES string of the molecule is CCOc1ncccc1CNC(=NC)N1CCC2(CCCC2)C1. The third kappa shape index (κ3) is 3.59. The fourth-order valence-corrected chi connectivity index (χ4v) is 3.98. The average molecular weight is 316 g/mol. The highest BCUT2D eigenvalue weighted by Crippen LogP contribution is 2.45.